The van der Waals surface area contributed by atoms with Crippen molar-refractivity contribution in [3.63, 3.8) is 0 Å². The Balaban J connectivity index is 0.00000300. The zero-order chi connectivity index (χ0) is 19.8. The van der Waals surface area contributed by atoms with Crippen LogP contribution in [-0.2, 0) is 6.54 Å². The van der Waals surface area contributed by atoms with Gasteiger partial charge in [-0.25, -0.2) is 4.39 Å². The number of hydrogen-bond acceptors (Lipinski definition) is 3. The highest BCUT2D eigenvalue weighted by atomic mass is 127. The number of guanidine groups is 1. The van der Waals surface area contributed by atoms with Crippen LogP contribution in [0.3, 0.4) is 0 Å². The first-order chi connectivity index (χ1) is 13.7. The quantitative estimate of drug-likeness (QED) is 0.313. The predicted octanol–water partition coefficient (Wildman–Crippen LogP) is 4.28. The van der Waals surface area contributed by atoms with E-state index in [0.29, 0.717) is 30.8 Å². The molecule has 0 bridgehead atoms. The standard InChI is InChI=1S/C21H30FN5O.HI/c1-3-19(28-20-10-6-7-16(22)13-20)15-25-21(23-2)24-14-17-11-12-27(26-17)18-8-4-5-9-18;/h6-7,10-13,18-19H,3-5,8-9,14-15H2,1-2H3,(H2,23,24,25);1H. The number of benzene rings is 1. The van der Waals surface area contributed by atoms with E-state index in [2.05, 4.69) is 37.7 Å². The van der Waals surface area contributed by atoms with E-state index in [-0.39, 0.29) is 35.9 Å². The van der Waals surface area contributed by atoms with Gasteiger partial charge in [-0.05, 0) is 37.5 Å². The summed E-state index contributed by atoms with van der Waals surface area (Å²) in [6.07, 6.45) is 7.83. The van der Waals surface area contributed by atoms with Crippen molar-refractivity contribution >= 4 is 29.9 Å². The van der Waals surface area contributed by atoms with E-state index >= 15 is 0 Å². The molecule has 0 saturated heterocycles. The molecule has 1 atom stereocenters. The van der Waals surface area contributed by atoms with Crippen molar-refractivity contribution in [2.24, 2.45) is 4.99 Å². The molecule has 1 fully saturated rings. The predicted molar refractivity (Wildman–Crippen MR) is 124 cm³/mol. The molecule has 1 unspecified atom stereocenters. The Morgan fingerprint density at radius 2 is 2.10 bits per heavy atom. The van der Waals surface area contributed by atoms with E-state index in [1.165, 1.54) is 37.8 Å². The molecule has 29 heavy (non-hydrogen) atoms. The van der Waals surface area contributed by atoms with Gasteiger partial charge in [-0.15, -0.1) is 24.0 Å². The lowest BCUT2D eigenvalue weighted by molar-refractivity contribution is 0.198. The van der Waals surface area contributed by atoms with Crippen LogP contribution in [0.2, 0.25) is 0 Å². The third kappa shape index (κ3) is 7.17. The van der Waals surface area contributed by atoms with Gasteiger partial charge in [0, 0.05) is 19.3 Å². The van der Waals surface area contributed by atoms with Gasteiger partial charge in [0.25, 0.3) is 0 Å². The number of nitrogens with zero attached hydrogens (tertiary/aromatic N) is 3. The average molecular weight is 515 g/mol. The summed E-state index contributed by atoms with van der Waals surface area (Å²) in [5.41, 5.74) is 0.998. The van der Waals surface area contributed by atoms with E-state index in [1.54, 1.807) is 19.2 Å². The van der Waals surface area contributed by atoms with E-state index in [0.717, 1.165) is 12.1 Å². The van der Waals surface area contributed by atoms with Crippen LogP contribution in [0.4, 0.5) is 4.39 Å². The molecule has 1 aliphatic carbocycles. The second-order valence-electron chi connectivity index (χ2n) is 7.14. The Bertz CT molecular complexity index is 776. The van der Waals surface area contributed by atoms with Gasteiger partial charge in [0.15, 0.2) is 5.96 Å². The molecule has 2 aromatic rings. The van der Waals surface area contributed by atoms with Crippen molar-refractivity contribution in [3.8, 4) is 5.75 Å². The molecule has 1 aromatic carbocycles. The minimum atomic E-state index is -0.296. The summed E-state index contributed by atoms with van der Waals surface area (Å²) >= 11 is 0. The van der Waals surface area contributed by atoms with Crippen molar-refractivity contribution in [1.82, 2.24) is 20.4 Å². The molecule has 0 aliphatic heterocycles. The fourth-order valence-electron chi connectivity index (χ4n) is 3.45. The third-order valence-electron chi connectivity index (χ3n) is 5.07. The SMILES string of the molecule is CCC(CNC(=NC)NCc1ccn(C2CCCC2)n1)Oc1cccc(F)c1.I. The monoisotopic (exact) mass is 515 g/mol. The van der Waals surface area contributed by atoms with Crippen molar-refractivity contribution in [2.45, 2.75) is 57.7 Å². The molecule has 6 nitrogen and oxygen atoms in total. The van der Waals surface area contributed by atoms with Gasteiger partial charge in [-0.2, -0.15) is 5.10 Å². The Hall–Kier alpha value is -1.84. The topological polar surface area (TPSA) is 63.5 Å². The first-order valence-electron chi connectivity index (χ1n) is 10.1. The van der Waals surface area contributed by atoms with Crippen LogP contribution in [0.15, 0.2) is 41.5 Å². The second kappa shape index (κ2) is 12.0. The molecule has 1 saturated carbocycles. The van der Waals surface area contributed by atoms with Crippen LogP contribution in [0.5, 0.6) is 5.75 Å². The van der Waals surface area contributed by atoms with E-state index in [9.17, 15) is 4.39 Å². The van der Waals surface area contributed by atoms with E-state index in [4.69, 9.17) is 4.74 Å². The molecular weight excluding hydrogens is 484 g/mol. The highest BCUT2D eigenvalue weighted by Crippen LogP contribution is 2.28. The lowest BCUT2D eigenvalue weighted by Crippen LogP contribution is -2.42. The van der Waals surface area contributed by atoms with Crippen LogP contribution < -0.4 is 15.4 Å². The molecule has 0 spiro atoms. The zero-order valence-electron chi connectivity index (χ0n) is 17.1. The van der Waals surface area contributed by atoms with Crippen molar-refractivity contribution < 1.29 is 9.13 Å². The second-order valence-corrected chi connectivity index (χ2v) is 7.14. The van der Waals surface area contributed by atoms with Crippen molar-refractivity contribution in [3.05, 3.63) is 48.0 Å². The smallest absolute Gasteiger partial charge is 0.191 e. The van der Waals surface area contributed by atoms with Gasteiger partial charge in [0.05, 0.1) is 24.8 Å². The minimum Gasteiger partial charge on any atom is -0.489 e. The fourth-order valence-corrected chi connectivity index (χ4v) is 3.45. The Morgan fingerprint density at radius 1 is 1.31 bits per heavy atom. The maximum absolute atomic E-state index is 13.3. The molecule has 1 aromatic heterocycles. The third-order valence-corrected chi connectivity index (χ3v) is 5.07. The molecule has 0 radical (unpaired) electrons. The normalized spacial score (nSPS) is 15.6. The van der Waals surface area contributed by atoms with Gasteiger partial charge >= 0.3 is 0 Å². The van der Waals surface area contributed by atoms with Gasteiger partial charge in [-0.1, -0.05) is 25.8 Å². The summed E-state index contributed by atoms with van der Waals surface area (Å²) in [5, 5.41) is 11.2. The Labute approximate surface area is 189 Å². The number of ether oxygens (including phenoxy) is 1. The van der Waals surface area contributed by atoms with E-state index < -0.39 is 0 Å². The van der Waals surface area contributed by atoms with Gasteiger partial charge in [0.1, 0.15) is 17.7 Å². The lowest BCUT2D eigenvalue weighted by atomic mass is 10.2. The van der Waals surface area contributed by atoms with E-state index in [1.807, 2.05) is 6.92 Å². The van der Waals surface area contributed by atoms with Crippen LogP contribution in [0.1, 0.15) is 50.8 Å². The average Bonchev–Trinajstić information content (AvgIpc) is 3.38. The number of aromatic nitrogens is 2. The maximum atomic E-state index is 13.3. The maximum Gasteiger partial charge on any atom is 0.191 e. The number of halogens is 2. The Kier molecular flexibility index (Phi) is 9.69. The van der Waals surface area contributed by atoms with Crippen LogP contribution in [0, 0.1) is 5.82 Å². The number of hydrogen-bond donors (Lipinski definition) is 2. The number of aliphatic imine (C=N–C) groups is 1. The highest BCUT2D eigenvalue weighted by Gasteiger charge is 2.17. The Morgan fingerprint density at radius 3 is 2.79 bits per heavy atom. The van der Waals surface area contributed by atoms with Gasteiger partial charge in [-0.3, -0.25) is 9.67 Å². The molecular formula is C21H31FIN5O. The number of nitrogens with one attached hydrogen (secondary N) is 2. The molecule has 2 N–H and O–H groups in total. The molecule has 1 aliphatic rings. The summed E-state index contributed by atoms with van der Waals surface area (Å²) < 4.78 is 21.3. The first-order valence-corrected chi connectivity index (χ1v) is 10.1. The molecule has 8 heteroatoms. The fraction of sp³-hybridized carbons (Fsp3) is 0.524. The minimum absolute atomic E-state index is 0. The van der Waals surface area contributed by atoms with Crippen LogP contribution in [0.25, 0.3) is 0 Å². The van der Waals surface area contributed by atoms with Gasteiger partial charge in [0.2, 0.25) is 0 Å². The largest absolute Gasteiger partial charge is 0.489 e. The highest BCUT2D eigenvalue weighted by molar-refractivity contribution is 14.0. The molecule has 1 heterocycles. The molecule has 3 rings (SSSR count). The molecule has 160 valence electrons. The van der Waals surface area contributed by atoms with Crippen LogP contribution >= 0.6 is 24.0 Å². The summed E-state index contributed by atoms with van der Waals surface area (Å²) in [4.78, 5) is 4.26. The molecule has 0 amide bonds. The van der Waals surface area contributed by atoms with Gasteiger partial charge < -0.3 is 15.4 Å². The van der Waals surface area contributed by atoms with Crippen molar-refractivity contribution in [2.75, 3.05) is 13.6 Å². The summed E-state index contributed by atoms with van der Waals surface area (Å²) in [6.45, 7) is 3.22. The summed E-state index contributed by atoms with van der Waals surface area (Å²) in [5.74, 6) is 0.931. The summed E-state index contributed by atoms with van der Waals surface area (Å²) in [6, 6.07) is 8.83. The lowest BCUT2D eigenvalue weighted by Gasteiger charge is -2.20. The zero-order valence-corrected chi connectivity index (χ0v) is 19.4. The van der Waals surface area contributed by atoms with Crippen LogP contribution in [-0.4, -0.2) is 35.4 Å². The summed E-state index contributed by atoms with van der Waals surface area (Å²) in [7, 11) is 1.74. The number of rotatable bonds is 8. The first kappa shape index (κ1) is 23.4. The van der Waals surface area contributed by atoms with Crippen molar-refractivity contribution in [1.29, 1.82) is 0 Å².